The Morgan fingerprint density at radius 2 is 1.69 bits per heavy atom. The highest BCUT2D eigenvalue weighted by molar-refractivity contribution is 5.85. The third-order valence-electron chi connectivity index (χ3n) is 4.32. The second kappa shape index (κ2) is 12.3. The van der Waals surface area contributed by atoms with Crippen molar-refractivity contribution in [1.82, 2.24) is 4.90 Å². The molecule has 0 heterocycles. The zero-order chi connectivity index (χ0) is 17.9. The van der Waals surface area contributed by atoms with Crippen molar-refractivity contribution in [2.24, 2.45) is 0 Å². The van der Waals surface area contributed by atoms with E-state index >= 15 is 0 Å². The topological polar surface area (TPSA) is 55.6 Å². The lowest BCUT2D eigenvalue weighted by molar-refractivity contribution is -0.131. The Morgan fingerprint density at radius 3 is 2.38 bits per heavy atom. The number of hydrogen-bond donors (Lipinski definition) is 1. The van der Waals surface area contributed by atoms with Crippen LogP contribution in [0, 0.1) is 0 Å². The molecule has 0 bridgehead atoms. The summed E-state index contributed by atoms with van der Waals surface area (Å²) in [6.07, 6.45) is 3.08. The van der Waals surface area contributed by atoms with Crippen molar-refractivity contribution in [3.63, 3.8) is 0 Å². The van der Waals surface area contributed by atoms with Crippen LogP contribution >= 0.6 is 12.4 Å². The minimum atomic E-state index is 0. The van der Waals surface area contributed by atoms with E-state index in [9.17, 15) is 4.79 Å². The van der Waals surface area contributed by atoms with Crippen LogP contribution < -0.4 is 5.73 Å². The predicted molar refractivity (Wildman–Crippen MR) is 110 cm³/mol. The minimum absolute atomic E-state index is 0. The number of anilines is 1. The number of nitrogens with two attached hydrogens (primary N) is 1. The van der Waals surface area contributed by atoms with Crippen LogP contribution in [-0.2, 0) is 22.4 Å². The molecule has 4 nitrogen and oxygen atoms in total. The van der Waals surface area contributed by atoms with Crippen LogP contribution in [0.5, 0.6) is 0 Å². The van der Waals surface area contributed by atoms with E-state index in [-0.39, 0.29) is 18.3 Å². The first-order chi connectivity index (χ1) is 12.2. The van der Waals surface area contributed by atoms with Gasteiger partial charge in [0.1, 0.15) is 0 Å². The summed E-state index contributed by atoms with van der Waals surface area (Å²) in [6, 6.07) is 18.1. The summed E-state index contributed by atoms with van der Waals surface area (Å²) in [5.41, 5.74) is 9.05. The van der Waals surface area contributed by atoms with Gasteiger partial charge in [0.2, 0.25) is 5.91 Å². The maximum Gasteiger partial charge on any atom is 0.222 e. The number of rotatable bonds is 10. The number of carbonyl (C=O) groups is 1. The van der Waals surface area contributed by atoms with Crippen LogP contribution in [0.15, 0.2) is 54.6 Å². The number of carbonyl (C=O) groups excluding carboxylic acids is 1. The van der Waals surface area contributed by atoms with Gasteiger partial charge in [-0.1, -0.05) is 48.5 Å². The molecule has 5 heteroatoms. The number of methoxy groups -OCH3 is 1. The quantitative estimate of drug-likeness (QED) is 0.643. The van der Waals surface area contributed by atoms with Crippen molar-refractivity contribution in [2.45, 2.75) is 25.7 Å². The molecule has 0 unspecified atom stereocenters. The molecule has 0 aromatic heterocycles. The SMILES string of the molecule is COCCN(CCCc1ccccc1)C(=O)CCc1ccccc1N.Cl. The summed E-state index contributed by atoms with van der Waals surface area (Å²) in [7, 11) is 1.66. The van der Waals surface area contributed by atoms with Crippen LogP contribution in [0.2, 0.25) is 0 Å². The smallest absolute Gasteiger partial charge is 0.222 e. The van der Waals surface area contributed by atoms with Crippen molar-refractivity contribution in [3.05, 3.63) is 65.7 Å². The van der Waals surface area contributed by atoms with Crippen LogP contribution in [0.1, 0.15) is 24.0 Å². The van der Waals surface area contributed by atoms with Gasteiger partial charge < -0.3 is 15.4 Å². The molecule has 142 valence electrons. The average molecular weight is 377 g/mol. The first kappa shape index (κ1) is 22.0. The molecule has 0 aliphatic rings. The summed E-state index contributed by atoms with van der Waals surface area (Å²) in [4.78, 5) is 14.5. The minimum Gasteiger partial charge on any atom is -0.399 e. The Morgan fingerprint density at radius 1 is 1.00 bits per heavy atom. The van der Waals surface area contributed by atoms with Gasteiger partial charge >= 0.3 is 0 Å². The fraction of sp³-hybridized carbons (Fsp3) is 0.381. The maximum absolute atomic E-state index is 12.6. The van der Waals surface area contributed by atoms with Gasteiger partial charge in [-0.3, -0.25) is 4.79 Å². The molecule has 2 aromatic rings. The molecule has 1 amide bonds. The number of benzene rings is 2. The Bertz CT molecular complexity index is 649. The monoisotopic (exact) mass is 376 g/mol. The molecule has 26 heavy (non-hydrogen) atoms. The normalized spacial score (nSPS) is 10.2. The van der Waals surface area contributed by atoms with E-state index in [1.54, 1.807) is 7.11 Å². The highest BCUT2D eigenvalue weighted by atomic mass is 35.5. The molecular weight excluding hydrogens is 348 g/mol. The van der Waals surface area contributed by atoms with E-state index < -0.39 is 0 Å². The van der Waals surface area contributed by atoms with Gasteiger partial charge in [0.05, 0.1) is 6.61 Å². The zero-order valence-corrected chi connectivity index (χ0v) is 16.2. The molecule has 0 saturated heterocycles. The summed E-state index contributed by atoms with van der Waals surface area (Å²) in [5.74, 6) is 0.161. The second-order valence-electron chi connectivity index (χ2n) is 6.16. The Hall–Kier alpha value is -2.04. The molecule has 0 fully saturated rings. The lowest BCUT2D eigenvalue weighted by Crippen LogP contribution is -2.35. The van der Waals surface area contributed by atoms with E-state index in [2.05, 4.69) is 12.1 Å². The summed E-state index contributed by atoms with van der Waals surface area (Å²) >= 11 is 0. The maximum atomic E-state index is 12.6. The number of para-hydroxylation sites is 1. The van der Waals surface area contributed by atoms with Crippen molar-refractivity contribution < 1.29 is 9.53 Å². The number of nitrogen functional groups attached to an aromatic ring is 1. The van der Waals surface area contributed by atoms with Gasteiger partial charge in [-0.05, 0) is 36.5 Å². The number of hydrogen-bond acceptors (Lipinski definition) is 3. The average Bonchev–Trinajstić information content (AvgIpc) is 2.64. The molecule has 2 rings (SSSR count). The molecule has 2 N–H and O–H groups in total. The van der Waals surface area contributed by atoms with Crippen LogP contribution in [0.25, 0.3) is 0 Å². The van der Waals surface area contributed by atoms with Crippen molar-refractivity contribution in [2.75, 3.05) is 32.5 Å². The molecular formula is C21H29ClN2O2. The molecule has 0 aliphatic carbocycles. The van der Waals surface area contributed by atoms with E-state index in [4.69, 9.17) is 10.5 Å². The first-order valence-corrected chi connectivity index (χ1v) is 8.84. The number of halogens is 1. The zero-order valence-electron chi connectivity index (χ0n) is 15.4. The summed E-state index contributed by atoms with van der Waals surface area (Å²) < 4.78 is 5.16. The Kier molecular flexibility index (Phi) is 10.4. The molecule has 0 aliphatic heterocycles. The number of ether oxygens (including phenoxy) is 1. The van der Waals surface area contributed by atoms with Crippen LogP contribution in [0.4, 0.5) is 5.69 Å². The second-order valence-corrected chi connectivity index (χ2v) is 6.16. The third kappa shape index (κ3) is 7.46. The molecule has 0 radical (unpaired) electrons. The van der Waals surface area contributed by atoms with Crippen molar-refractivity contribution in [1.29, 1.82) is 0 Å². The van der Waals surface area contributed by atoms with Crippen LogP contribution in [-0.4, -0.2) is 37.6 Å². The van der Waals surface area contributed by atoms with Gasteiger partial charge in [-0.25, -0.2) is 0 Å². The van der Waals surface area contributed by atoms with Gasteiger partial charge in [-0.2, -0.15) is 0 Å². The third-order valence-corrected chi connectivity index (χ3v) is 4.32. The molecule has 0 spiro atoms. The molecule has 0 atom stereocenters. The van der Waals surface area contributed by atoms with Gasteiger partial charge in [0, 0.05) is 32.3 Å². The number of nitrogens with zero attached hydrogens (tertiary/aromatic N) is 1. The van der Waals surface area contributed by atoms with Crippen molar-refractivity contribution in [3.8, 4) is 0 Å². The molecule has 0 saturated carbocycles. The highest BCUT2D eigenvalue weighted by Gasteiger charge is 2.13. The molecule has 2 aromatic carbocycles. The fourth-order valence-electron chi connectivity index (χ4n) is 2.84. The Balaban J connectivity index is 0.00000338. The van der Waals surface area contributed by atoms with Gasteiger partial charge in [0.15, 0.2) is 0 Å². The lowest BCUT2D eigenvalue weighted by atomic mass is 10.1. The summed E-state index contributed by atoms with van der Waals surface area (Å²) in [5, 5.41) is 0. The summed E-state index contributed by atoms with van der Waals surface area (Å²) in [6.45, 7) is 1.94. The standard InChI is InChI=1S/C21H28N2O2.ClH/c1-25-17-16-23(15-7-10-18-8-3-2-4-9-18)21(24)14-13-19-11-5-6-12-20(19)22;/h2-6,8-9,11-12H,7,10,13-17,22H2,1H3;1H. The Labute approximate surface area is 162 Å². The van der Waals surface area contributed by atoms with E-state index in [0.717, 1.165) is 30.6 Å². The largest absolute Gasteiger partial charge is 0.399 e. The highest BCUT2D eigenvalue weighted by Crippen LogP contribution is 2.14. The van der Waals surface area contributed by atoms with E-state index in [1.807, 2.05) is 47.4 Å². The lowest BCUT2D eigenvalue weighted by Gasteiger charge is -2.22. The fourth-order valence-corrected chi connectivity index (χ4v) is 2.84. The number of amides is 1. The predicted octanol–water partition coefficient (Wildman–Crippen LogP) is 3.73. The van der Waals surface area contributed by atoms with Crippen molar-refractivity contribution >= 4 is 24.0 Å². The first-order valence-electron chi connectivity index (χ1n) is 8.84. The van der Waals surface area contributed by atoms with Crippen LogP contribution in [0.3, 0.4) is 0 Å². The van der Waals surface area contributed by atoms with E-state index in [1.165, 1.54) is 5.56 Å². The van der Waals surface area contributed by atoms with Gasteiger partial charge in [-0.15, -0.1) is 12.4 Å². The van der Waals surface area contributed by atoms with E-state index in [0.29, 0.717) is 26.0 Å². The number of aryl methyl sites for hydroxylation is 2. The van der Waals surface area contributed by atoms with Gasteiger partial charge in [0.25, 0.3) is 0 Å².